The monoisotopic (exact) mass is 287 g/mol. The Morgan fingerprint density at radius 1 is 1.33 bits per heavy atom. The molecule has 1 N–H and O–H groups in total. The molecular weight excluding hydrogens is 270 g/mol. The molecule has 0 bridgehead atoms. The van der Waals surface area contributed by atoms with E-state index in [1.807, 2.05) is 0 Å². The van der Waals surface area contributed by atoms with Gasteiger partial charge in [0.1, 0.15) is 5.65 Å². The number of carbonyl (C=O) groups excluding carboxylic acids is 1. The summed E-state index contributed by atoms with van der Waals surface area (Å²) in [6, 6.07) is 0.0387. The van der Waals surface area contributed by atoms with E-state index in [0.717, 1.165) is 25.7 Å². The first-order valence-corrected chi connectivity index (χ1v) is 7.15. The summed E-state index contributed by atoms with van der Waals surface area (Å²) in [4.78, 5) is 42.5. The lowest BCUT2D eigenvalue weighted by atomic mass is 10.0. The molecule has 1 aliphatic carbocycles. The second-order valence-corrected chi connectivity index (χ2v) is 5.62. The number of pyridine rings is 1. The SMILES string of the molecule is CC(=O)c1c(C)c2cnc(=O)[nH]c2n(C2CCCC2)c1=O. The third-order valence-corrected chi connectivity index (χ3v) is 4.29. The highest BCUT2D eigenvalue weighted by Crippen LogP contribution is 2.31. The fraction of sp³-hybridized carbons (Fsp3) is 0.467. The van der Waals surface area contributed by atoms with Crippen LogP contribution in [0.2, 0.25) is 0 Å². The van der Waals surface area contributed by atoms with Gasteiger partial charge in [0, 0.05) is 17.6 Å². The lowest BCUT2D eigenvalue weighted by Crippen LogP contribution is -2.31. The predicted octanol–water partition coefficient (Wildman–Crippen LogP) is 1.71. The van der Waals surface area contributed by atoms with Crippen LogP contribution >= 0.6 is 0 Å². The van der Waals surface area contributed by atoms with Gasteiger partial charge in [0.2, 0.25) is 0 Å². The van der Waals surface area contributed by atoms with E-state index in [1.54, 1.807) is 11.5 Å². The normalized spacial score (nSPS) is 15.7. The van der Waals surface area contributed by atoms with E-state index < -0.39 is 5.69 Å². The molecule has 2 aromatic heterocycles. The maximum absolute atomic E-state index is 12.7. The van der Waals surface area contributed by atoms with Crippen LogP contribution in [0.4, 0.5) is 0 Å². The summed E-state index contributed by atoms with van der Waals surface area (Å²) in [7, 11) is 0. The molecule has 0 saturated heterocycles. The van der Waals surface area contributed by atoms with Gasteiger partial charge in [-0.3, -0.25) is 19.1 Å². The highest BCUT2D eigenvalue weighted by Gasteiger charge is 2.25. The summed E-state index contributed by atoms with van der Waals surface area (Å²) in [6.07, 6.45) is 5.33. The number of fused-ring (bicyclic) bond motifs is 1. The largest absolute Gasteiger partial charge is 0.346 e. The van der Waals surface area contributed by atoms with Crippen molar-refractivity contribution in [2.75, 3.05) is 0 Å². The van der Waals surface area contributed by atoms with E-state index in [4.69, 9.17) is 0 Å². The minimum absolute atomic E-state index is 0.0387. The summed E-state index contributed by atoms with van der Waals surface area (Å²) in [5.74, 6) is -0.252. The molecular formula is C15H17N3O3. The van der Waals surface area contributed by atoms with Crippen LogP contribution in [0.3, 0.4) is 0 Å². The van der Waals surface area contributed by atoms with Gasteiger partial charge < -0.3 is 0 Å². The molecule has 2 aromatic rings. The fourth-order valence-corrected chi connectivity index (χ4v) is 3.29. The van der Waals surface area contributed by atoms with Crippen molar-refractivity contribution in [3.8, 4) is 0 Å². The van der Waals surface area contributed by atoms with Gasteiger partial charge in [0.25, 0.3) is 5.56 Å². The van der Waals surface area contributed by atoms with E-state index in [9.17, 15) is 14.4 Å². The van der Waals surface area contributed by atoms with Crippen LogP contribution in [0, 0.1) is 6.92 Å². The Kier molecular flexibility index (Phi) is 3.23. The van der Waals surface area contributed by atoms with Gasteiger partial charge >= 0.3 is 5.69 Å². The molecule has 21 heavy (non-hydrogen) atoms. The number of rotatable bonds is 2. The average Bonchev–Trinajstić information content (AvgIpc) is 2.91. The van der Waals surface area contributed by atoms with Crippen LogP contribution < -0.4 is 11.2 Å². The second kappa shape index (κ2) is 4.95. The Morgan fingerprint density at radius 3 is 2.62 bits per heavy atom. The summed E-state index contributed by atoms with van der Waals surface area (Å²) < 4.78 is 1.59. The molecule has 6 heteroatoms. The number of hydrogen-bond donors (Lipinski definition) is 1. The van der Waals surface area contributed by atoms with Gasteiger partial charge in [-0.1, -0.05) is 12.8 Å². The molecule has 1 saturated carbocycles. The van der Waals surface area contributed by atoms with Crippen molar-refractivity contribution >= 4 is 16.8 Å². The Balaban J connectivity index is 2.47. The molecule has 1 aliphatic rings. The number of nitrogens with one attached hydrogen (secondary N) is 1. The fourth-order valence-electron chi connectivity index (χ4n) is 3.29. The molecule has 0 aromatic carbocycles. The molecule has 110 valence electrons. The number of ketones is 1. The number of aromatic nitrogens is 3. The van der Waals surface area contributed by atoms with Crippen LogP contribution in [0.5, 0.6) is 0 Å². The number of nitrogens with zero attached hydrogens (tertiary/aromatic N) is 2. The average molecular weight is 287 g/mol. The molecule has 6 nitrogen and oxygen atoms in total. The Bertz CT molecular complexity index is 842. The Labute approximate surface area is 120 Å². The van der Waals surface area contributed by atoms with E-state index in [-0.39, 0.29) is 22.9 Å². The van der Waals surface area contributed by atoms with Crippen molar-refractivity contribution in [3.63, 3.8) is 0 Å². The molecule has 0 atom stereocenters. The first-order chi connectivity index (χ1) is 10.0. The predicted molar refractivity (Wildman–Crippen MR) is 78.9 cm³/mol. The number of Topliss-reactive ketones (excluding diaryl/α,β-unsaturated/α-hetero) is 1. The third kappa shape index (κ3) is 2.11. The highest BCUT2D eigenvalue weighted by atomic mass is 16.2. The number of hydrogen-bond acceptors (Lipinski definition) is 4. The van der Waals surface area contributed by atoms with Crippen molar-refractivity contribution in [2.24, 2.45) is 0 Å². The Hall–Kier alpha value is -2.24. The zero-order valence-electron chi connectivity index (χ0n) is 12.1. The molecule has 0 radical (unpaired) electrons. The molecule has 1 fully saturated rings. The summed E-state index contributed by atoms with van der Waals surface area (Å²) in [6.45, 7) is 3.12. The third-order valence-electron chi connectivity index (χ3n) is 4.29. The van der Waals surface area contributed by atoms with Gasteiger partial charge in [-0.2, -0.15) is 0 Å². The van der Waals surface area contributed by atoms with Crippen LogP contribution in [-0.2, 0) is 0 Å². The van der Waals surface area contributed by atoms with Gasteiger partial charge in [-0.15, -0.1) is 0 Å². The van der Waals surface area contributed by atoms with E-state index in [1.165, 1.54) is 13.1 Å². The van der Waals surface area contributed by atoms with Crippen molar-refractivity contribution in [1.29, 1.82) is 0 Å². The molecule has 2 heterocycles. The second-order valence-electron chi connectivity index (χ2n) is 5.62. The number of aromatic amines is 1. The maximum atomic E-state index is 12.7. The molecule has 0 spiro atoms. The standard InChI is InChI=1S/C15H17N3O3/c1-8-11-7-16-15(21)17-13(11)18(10-5-3-4-6-10)14(20)12(8)9(2)19/h7,10H,3-6H2,1-2H3,(H,16,17,21). The molecule has 0 amide bonds. The van der Waals surface area contributed by atoms with E-state index in [0.29, 0.717) is 16.6 Å². The summed E-state index contributed by atoms with van der Waals surface area (Å²) >= 11 is 0. The van der Waals surface area contributed by atoms with Gasteiger partial charge in [0.05, 0.1) is 5.56 Å². The van der Waals surface area contributed by atoms with Crippen LogP contribution in [0.25, 0.3) is 11.0 Å². The van der Waals surface area contributed by atoms with Crippen LogP contribution in [0.1, 0.15) is 54.6 Å². The lowest BCUT2D eigenvalue weighted by molar-refractivity contribution is 0.101. The van der Waals surface area contributed by atoms with Crippen molar-refractivity contribution in [3.05, 3.63) is 38.2 Å². The first-order valence-electron chi connectivity index (χ1n) is 7.15. The summed E-state index contributed by atoms with van der Waals surface area (Å²) in [5.41, 5.74) is 0.475. The van der Waals surface area contributed by atoms with Gasteiger partial charge in [-0.05, 0) is 32.3 Å². The Morgan fingerprint density at radius 2 is 2.00 bits per heavy atom. The lowest BCUT2D eigenvalue weighted by Gasteiger charge is -2.19. The van der Waals surface area contributed by atoms with E-state index in [2.05, 4.69) is 9.97 Å². The van der Waals surface area contributed by atoms with Gasteiger partial charge in [-0.25, -0.2) is 9.78 Å². The number of aryl methyl sites for hydroxylation is 1. The van der Waals surface area contributed by atoms with Crippen molar-refractivity contribution in [1.82, 2.24) is 14.5 Å². The zero-order chi connectivity index (χ0) is 15.1. The van der Waals surface area contributed by atoms with Crippen LogP contribution in [0.15, 0.2) is 15.8 Å². The quantitative estimate of drug-likeness (QED) is 0.852. The molecule has 0 aliphatic heterocycles. The van der Waals surface area contributed by atoms with Gasteiger partial charge in [0.15, 0.2) is 5.78 Å². The smallest absolute Gasteiger partial charge is 0.294 e. The summed E-state index contributed by atoms with van der Waals surface area (Å²) in [5, 5.41) is 0.659. The van der Waals surface area contributed by atoms with E-state index >= 15 is 0 Å². The molecule has 3 rings (SSSR count). The zero-order valence-corrected chi connectivity index (χ0v) is 12.1. The maximum Gasteiger partial charge on any atom is 0.346 e. The number of carbonyl (C=O) groups is 1. The van der Waals surface area contributed by atoms with Crippen LogP contribution in [-0.4, -0.2) is 20.3 Å². The minimum atomic E-state index is -0.483. The van der Waals surface area contributed by atoms with Crippen molar-refractivity contribution < 1.29 is 4.79 Å². The molecule has 0 unspecified atom stereocenters. The highest BCUT2D eigenvalue weighted by molar-refractivity contribution is 5.99. The van der Waals surface area contributed by atoms with Crippen molar-refractivity contribution in [2.45, 2.75) is 45.6 Å². The number of H-pyrrole nitrogens is 1. The minimum Gasteiger partial charge on any atom is -0.294 e. The topological polar surface area (TPSA) is 84.8 Å². The first kappa shape index (κ1) is 13.7.